The van der Waals surface area contributed by atoms with Crippen LogP contribution in [0.5, 0.6) is 11.5 Å². The Morgan fingerprint density at radius 1 is 1.21 bits per heavy atom. The molecule has 24 heavy (non-hydrogen) atoms. The Morgan fingerprint density at radius 2 is 2.00 bits per heavy atom. The summed E-state index contributed by atoms with van der Waals surface area (Å²) in [5.41, 5.74) is 0.00152. The molecule has 4 atom stereocenters. The van der Waals surface area contributed by atoms with Gasteiger partial charge in [-0.05, 0) is 12.1 Å². The predicted octanol–water partition coefficient (Wildman–Crippen LogP) is -0.296. The molecular formula is C15H15N3O6. The summed E-state index contributed by atoms with van der Waals surface area (Å²) in [7, 11) is 0. The Morgan fingerprint density at radius 3 is 2.75 bits per heavy atom. The molecule has 1 saturated heterocycles. The SMILES string of the molecule is O=c1nc2c(cn1[C@@H]1O[C@H](CO)C(O)[C@@H]1O)Oc1ccccc1N2. The third-order valence-electron chi connectivity index (χ3n) is 4.07. The van der Waals surface area contributed by atoms with Crippen LogP contribution in [0.3, 0.4) is 0 Å². The Kier molecular flexibility index (Phi) is 3.50. The minimum absolute atomic E-state index is 0.252. The van der Waals surface area contributed by atoms with Gasteiger partial charge in [0.15, 0.2) is 23.5 Å². The molecule has 1 aromatic carbocycles. The van der Waals surface area contributed by atoms with Crippen molar-refractivity contribution in [1.82, 2.24) is 9.55 Å². The van der Waals surface area contributed by atoms with E-state index in [0.717, 1.165) is 4.57 Å². The van der Waals surface area contributed by atoms with E-state index in [4.69, 9.17) is 14.6 Å². The number of ether oxygens (including phenoxy) is 2. The number of nitrogens with zero attached hydrogens (tertiary/aromatic N) is 2. The van der Waals surface area contributed by atoms with Gasteiger partial charge in [0.25, 0.3) is 0 Å². The lowest BCUT2D eigenvalue weighted by molar-refractivity contribution is -0.0551. The van der Waals surface area contributed by atoms with Crippen LogP contribution in [-0.4, -0.2) is 49.8 Å². The summed E-state index contributed by atoms with van der Waals surface area (Å²) in [6.45, 7) is -0.479. The zero-order valence-electron chi connectivity index (χ0n) is 12.4. The highest BCUT2D eigenvalue weighted by Crippen LogP contribution is 2.40. The lowest BCUT2D eigenvalue weighted by Crippen LogP contribution is -2.36. The number of anilines is 2. The van der Waals surface area contributed by atoms with Crippen molar-refractivity contribution < 1.29 is 24.8 Å². The fourth-order valence-electron chi connectivity index (χ4n) is 2.81. The van der Waals surface area contributed by atoms with E-state index in [1.54, 1.807) is 18.2 Å². The van der Waals surface area contributed by atoms with E-state index in [1.807, 2.05) is 6.07 Å². The van der Waals surface area contributed by atoms with Crippen LogP contribution >= 0.6 is 0 Å². The summed E-state index contributed by atoms with van der Waals surface area (Å²) in [6, 6.07) is 7.17. The Labute approximate surface area is 135 Å². The molecule has 1 fully saturated rings. The number of hydrogen-bond donors (Lipinski definition) is 4. The van der Waals surface area contributed by atoms with E-state index in [2.05, 4.69) is 10.3 Å². The van der Waals surface area contributed by atoms with Crippen LogP contribution in [0.2, 0.25) is 0 Å². The first-order valence-electron chi connectivity index (χ1n) is 7.38. The molecule has 3 heterocycles. The van der Waals surface area contributed by atoms with E-state index in [9.17, 15) is 15.0 Å². The third kappa shape index (κ3) is 2.26. The van der Waals surface area contributed by atoms with E-state index in [-0.39, 0.29) is 11.6 Å². The number of hydrogen-bond acceptors (Lipinski definition) is 8. The smallest absolute Gasteiger partial charge is 0.351 e. The number of aliphatic hydroxyl groups is 3. The zero-order chi connectivity index (χ0) is 16.8. The first kappa shape index (κ1) is 15.1. The number of aromatic nitrogens is 2. The average molecular weight is 333 g/mol. The zero-order valence-corrected chi connectivity index (χ0v) is 12.4. The molecule has 4 N–H and O–H groups in total. The third-order valence-corrected chi connectivity index (χ3v) is 4.07. The minimum Gasteiger partial charge on any atom is -0.450 e. The molecule has 1 aromatic heterocycles. The summed E-state index contributed by atoms with van der Waals surface area (Å²) in [6.07, 6.45) is -3.46. The lowest BCUT2D eigenvalue weighted by Gasteiger charge is -2.23. The van der Waals surface area contributed by atoms with Gasteiger partial charge in [-0.3, -0.25) is 4.57 Å². The normalized spacial score (nSPS) is 27.8. The summed E-state index contributed by atoms with van der Waals surface area (Å²) >= 11 is 0. The Balaban J connectivity index is 1.72. The van der Waals surface area contributed by atoms with Crippen molar-refractivity contribution >= 4 is 11.5 Å². The molecule has 1 unspecified atom stereocenters. The van der Waals surface area contributed by atoms with Crippen molar-refractivity contribution in [2.24, 2.45) is 0 Å². The van der Waals surface area contributed by atoms with Gasteiger partial charge in [0.2, 0.25) is 0 Å². The van der Waals surface area contributed by atoms with Crippen molar-refractivity contribution in [2.45, 2.75) is 24.5 Å². The largest absolute Gasteiger partial charge is 0.450 e. The highest BCUT2D eigenvalue weighted by molar-refractivity contribution is 5.72. The maximum absolute atomic E-state index is 12.3. The quantitative estimate of drug-likeness (QED) is 0.504. The van der Waals surface area contributed by atoms with Gasteiger partial charge >= 0.3 is 5.69 Å². The summed E-state index contributed by atoms with van der Waals surface area (Å²) in [5, 5.41) is 32.1. The monoisotopic (exact) mass is 333 g/mol. The highest BCUT2D eigenvalue weighted by atomic mass is 16.6. The van der Waals surface area contributed by atoms with Gasteiger partial charge in [-0.2, -0.15) is 4.98 Å². The van der Waals surface area contributed by atoms with Gasteiger partial charge in [0.1, 0.15) is 18.3 Å². The molecule has 0 aliphatic carbocycles. The van der Waals surface area contributed by atoms with Crippen molar-refractivity contribution in [3.8, 4) is 11.5 Å². The Hall–Kier alpha value is -2.46. The van der Waals surface area contributed by atoms with Gasteiger partial charge < -0.3 is 30.1 Å². The Bertz CT molecular complexity index is 838. The first-order valence-corrected chi connectivity index (χ1v) is 7.38. The van der Waals surface area contributed by atoms with Gasteiger partial charge in [-0.1, -0.05) is 12.1 Å². The van der Waals surface area contributed by atoms with Crippen LogP contribution in [-0.2, 0) is 4.74 Å². The van der Waals surface area contributed by atoms with Crippen LogP contribution in [0, 0.1) is 0 Å². The summed E-state index contributed by atoms with van der Waals surface area (Å²) in [4.78, 5) is 16.2. The topological polar surface area (TPSA) is 126 Å². The molecule has 0 radical (unpaired) electrons. The minimum atomic E-state index is -1.37. The van der Waals surface area contributed by atoms with Gasteiger partial charge in [-0.15, -0.1) is 0 Å². The lowest BCUT2D eigenvalue weighted by atomic mass is 10.1. The molecule has 126 valence electrons. The van der Waals surface area contributed by atoms with Crippen molar-refractivity contribution in [3.05, 3.63) is 40.9 Å². The molecule has 9 heteroatoms. The number of aliphatic hydroxyl groups excluding tert-OH is 3. The molecule has 2 aromatic rings. The van der Waals surface area contributed by atoms with Gasteiger partial charge in [-0.25, -0.2) is 4.79 Å². The fourth-order valence-corrected chi connectivity index (χ4v) is 2.81. The average Bonchev–Trinajstić information content (AvgIpc) is 2.87. The summed E-state index contributed by atoms with van der Waals surface area (Å²) in [5.74, 6) is 1.10. The number of nitrogens with one attached hydrogen (secondary N) is 1. The number of rotatable bonds is 2. The van der Waals surface area contributed by atoms with Crippen molar-refractivity contribution in [2.75, 3.05) is 11.9 Å². The highest BCUT2D eigenvalue weighted by Gasteiger charge is 2.44. The van der Waals surface area contributed by atoms with Crippen LogP contribution in [0.4, 0.5) is 11.5 Å². The summed E-state index contributed by atoms with van der Waals surface area (Å²) < 4.78 is 12.1. The number of benzene rings is 1. The number of para-hydroxylation sites is 2. The first-order chi connectivity index (χ1) is 11.6. The van der Waals surface area contributed by atoms with Crippen LogP contribution in [0.15, 0.2) is 35.3 Å². The molecule has 0 spiro atoms. The maximum Gasteiger partial charge on any atom is 0.351 e. The van der Waals surface area contributed by atoms with E-state index in [0.29, 0.717) is 11.4 Å². The molecule has 0 bridgehead atoms. The molecule has 0 saturated carbocycles. The van der Waals surface area contributed by atoms with Crippen LogP contribution in [0.1, 0.15) is 6.23 Å². The van der Waals surface area contributed by atoms with Gasteiger partial charge in [0, 0.05) is 0 Å². The van der Waals surface area contributed by atoms with Crippen LogP contribution in [0.25, 0.3) is 0 Å². The molecule has 0 amide bonds. The number of fused-ring (bicyclic) bond motifs is 2. The standard InChI is InChI=1S/C15H15N3O6/c19-6-10-11(20)12(21)14(24-10)18-5-9-13(17-15(18)22)16-7-3-1-2-4-8(7)23-9/h1-5,10-12,14,19-21H,6H2,(H,16,17,22)/t10-,11?,12+,14-/m1/s1. The fraction of sp³-hybridized carbons (Fsp3) is 0.333. The maximum atomic E-state index is 12.3. The van der Waals surface area contributed by atoms with Gasteiger partial charge in [0.05, 0.1) is 18.5 Å². The van der Waals surface area contributed by atoms with Crippen molar-refractivity contribution in [3.63, 3.8) is 0 Å². The second-order valence-corrected chi connectivity index (χ2v) is 5.60. The molecule has 2 aliphatic heterocycles. The second-order valence-electron chi connectivity index (χ2n) is 5.60. The predicted molar refractivity (Wildman–Crippen MR) is 81.3 cm³/mol. The van der Waals surface area contributed by atoms with E-state index < -0.39 is 36.8 Å². The van der Waals surface area contributed by atoms with E-state index in [1.165, 1.54) is 6.20 Å². The second kappa shape index (κ2) is 5.56. The molecule has 2 aliphatic rings. The molecule has 9 nitrogen and oxygen atoms in total. The molecule has 4 rings (SSSR count). The van der Waals surface area contributed by atoms with Crippen molar-refractivity contribution in [1.29, 1.82) is 0 Å². The van der Waals surface area contributed by atoms with Crippen LogP contribution < -0.4 is 15.7 Å². The van der Waals surface area contributed by atoms with E-state index >= 15 is 0 Å². The molecular weight excluding hydrogens is 318 g/mol.